The van der Waals surface area contributed by atoms with Crippen LogP contribution in [-0.2, 0) is 4.74 Å². The summed E-state index contributed by atoms with van der Waals surface area (Å²) in [6.07, 6.45) is 2.03. The van der Waals surface area contributed by atoms with Crippen LogP contribution in [0.5, 0.6) is 5.75 Å². The van der Waals surface area contributed by atoms with E-state index in [4.69, 9.17) is 9.47 Å². The number of hydrogen-bond acceptors (Lipinski definition) is 7. The Bertz CT molecular complexity index is 1170. The first-order valence-electron chi connectivity index (χ1n) is 11.9. The minimum absolute atomic E-state index is 0.138. The van der Waals surface area contributed by atoms with Crippen molar-refractivity contribution < 1.29 is 9.47 Å². The van der Waals surface area contributed by atoms with E-state index < -0.39 is 0 Å². The molecule has 0 bridgehead atoms. The summed E-state index contributed by atoms with van der Waals surface area (Å²) in [5, 5.41) is 10.5. The number of morpholine rings is 1. The number of benzene rings is 2. The van der Waals surface area contributed by atoms with Crippen molar-refractivity contribution in [2.24, 2.45) is 0 Å². The molecule has 34 heavy (non-hydrogen) atoms. The van der Waals surface area contributed by atoms with Crippen molar-refractivity contribution in [3.8, 4) is 11.8 Å². The Morgan fingerprint density at radius 2 is 1.82 bits per heavy atom. The van der Waals surface area contributed by atoms with Crippen molar-refractivity contribution in [3.63, 3.8) is 0 Å². The highest BCUT2D eigenvalue weighted by atomic mass is 16.5. The first-order chi connectivity index (χ1) is 16.6. The molecular formula is C27H31N5O2. The zero-order chi connectivity index (χ0) is 23.5. The van der Waals surface area contributed by atoms with Crippen LogP contribution >= 0.6 is 0 Å². The SMILES string of the molecule is COc1ccc(N2CCN(C[C@H]3CN(c4ccc(C#N)c5ncccc45)C[C@@H](C)O3)CC2)cc1. The van der Waals surface area contributed by atoms with Gasteiger partial charge < -0.3 is 19.3 Å². The number of nitriles is 1. The summed E-state index contributed by atoms with van der Waals surface area (Å²) in [7, 11) is 1.70. The van der Waals surface area contributed by atoms with E-state index in [1.165, 1.54) is 5.69 Å². The number of piperazine rings is 1. The number of anilines is 2. The van der Waals surface area contributed by atoms with Gasteiger partial charge in [-0.15, -0.1) is 0 Å². The summed E-state index contributed by atoms with van der Waals surface area (Å²) in [5.41, 5.74) is 3.77. The van der Waals surface area contributed by atoms with E-state index in [0.717, 1.165) is 68.2 Å². The summed E-state index contributed by atoms with van der Waals surface area (Å²) in [6, 6.07) is 18.5. The molecule has 0 unspecified atom stereocenters. The highest BCUT2D eigenvalue weighted by Gasteiger charge is 2.29. The molecule has 0 saturated carbocycles. The van der Waals surface area contributed by atoms with Crippen molar-refractivity contribution in [2.45, 2.75) is 19.1 Å². The van der Waals surface area contributed by atoms with Gasteiger partial charge in [0, 0.05) is 68.8 Å². The molecule has 0 aliphatic carbocycles. The highest BCUT2D eigenvalue weighted by Crippen LogP contribution is 2.30. The molecule has 2 fully saturated rings. The van der Waals surface area contributed by atoms with Crippen LogP contribution in [-0.4, -0.2) is 75.0 Å². The Morgan fingerprint density at radius 1 is 1.03 bits per heavy atom. The summed E-state index contributed by atoms with van der Waals surface area (Å²) in [6.45, 7) is 8.77. The Kier molecular flexibility index (Phi) is 6.52. The minimum Gasteiger partial charge on any atom is -0.497 e. The van der Waals surface area contributed by atoms with E-state index >= 15 is 0 Å². The van der Waals surface area contributed by atoms with Crippen LogP contribution < -0.4 is 14.5 Å². The van der Waals surface area contributed by atoms with Crippen LogP contribution in [0.15, 0.2) is 54.7 Å². The molecule has 0 amide bonds. The summed E-state index contributed by atoms with van der Waals surface area (Å²) < 4.78 is 11.6. The van der Waals surface area contributed by atoms with Gasteiger partial charge in [0.1, 0.15) is 11.8 Å². The topological polar surface area (TPSA) is 64.9 Å². The fraction of sp³-hybridized carbons (Fsp3) is 0.407. The van der Waals surface area contributed by atoms with E-state index in [-0.39, 0.29) is 12.2 Å². The molecule has 2 aliphatic heterocycles. The Morgan fingerprint density at radius 3 is 2.56 bits per heavy atom. The lowest BCUT2D eigenvalue weighted by Crippen LogP contribution is -2.54. The molecular weight excluding hydrogens is 426 g/mol. The summed E-state index contributed by atoms with van der Waals surface area (Å²) >= 11 is 0. The number of rotatable bonds is 5. The second kappa shape index (κ2) is 9.88. The lowest BCUT2D eigenvalue weighted by atomic mass is 10.1. The van der Waals surface area contributed by atoms with Crippen LogP contribution in [0.25, 0.3) is 10.9 Å². The molecule has 2 aromatic carbocycles. The minimum atomic E-state index is 0.138. The molecule has 2 aliphatic rings. The van der Waals surface area contributed by atoms with Crippen LogP contribution in [0.3, 0.4) is 0 Å². The van der Waals surface area contributed by atoms with Crippen LogP contribution in [0.4, 0.5) is 11.4 Å². The Labute approximate surface area is 201 Å². The molecule has 176 valence electrons. The molecule has 3 aromatic rings. The van der Waals surface area contributed by atoms with E-state index in [0.29, 0.717) is 5.56 Å². The Hall–Kier alpha value is -3.34. The average molecular weight is 458 g/mol. The molecule has 7 heteroatoms. The molecule has 0 N–H and O–H groups in total. The van der Waals surface area contributed by atoms with Crippen molar-refractivity contribution in [2.75, 3.05) is 62.7 Å². The van der Waals surface area contributed by atoms with Gasteiger partial charge in [-0.1, -0.05) is 0 Å². The zero-order valence-corrected chi connectivity index (χ0v) is 19.9. The van der Waals surface area contributed by atoms with Crippen molar-refractivity contribution in [1.29, 1.82) is 5.26 Å². The average Bonchev–Trinajstić information content (AvgIpc) is 2.88. The van der Waals surface area contributed by atoms with Gasteiger partial charge in [0.2, 0.25) is 0 Å². The van der Waals surface area contributed by atoms with E-state index in [1.807, 2.05) is 24.3 Å². The standard InChI is InChI=1S/C27H31N5O2/c1-20-17-32(26-10-5-21(16-28)27-25(26)4-3-11-29-27)19-24(34-20)18-30-12-14-31(15-13-30)22-6-8-23(33-2)9-7-22/h3-11,20,24H,12-15,17-19H2,1-2H3/t20-,24+/m1/s1. The van der Waals surface area contributed by atoms with E-state index in [9.17, 15) is 5.26 Å². The number of fused-ring (bicyclic) bond motifs is 1. The monoisotopic (exact) mass is 457 g/mol. The number of ether oxygens (including phenoxy) is 2. The molecule has 3 heterocycles. The molecule has 2 atom stereocenters. The maximum Gasteiger partial charge on any atom is 0.119 e. The number of nitrogens with zero attached hydrogens (tertiary/aromatic N) is 5. The van der Waals surface area contributed by atoms with Crippen LogP contribution in [0.2, 0.25) is 0 Å². The molecule has 7 nitrogen and oxygen atoms in total. The largest absolute Gasteiger partial charge is 0.497 e. The second-order valence-electron chi connectivity index (χ2n) is 9.10. The fourth-order valence-electron chi connectivity index (χ4n) is 5.14. The van der Waals surface area contributed by atoms with Gasteiger partial charge in [-0.25, -0.2) is 0 Å². The van der Waals surface area contributed by atoms with Crippen LogP contribution in [0, 0.1) is 11.3 Å². The van der Waals surface area contributed by atoms with Gasteiger partial charge in [-0.2, -0.15) is 5.26 Å². The Balaban J connectivity index is 1.24. The molecule has 2 saturated heterocycles. The first kappa shape index (κ1) is 22.5. The zero-order valence-electron chi connectivity index (χ0n) is 19.9. The van der Waals surface area contributed by atoms with Crippen LogP contribution in [0.1, 0.15) is 12.5 Å². The quantitative estimate of drug-likeness (QED) is 0.581. The predicted octanol–water partition coefficient (Wildman–Crippen LogP) is 3.53. The third kappa shape index (κ3) is 4.65. The third-order valence-corrected chi connectivity index (χ3v) is 6.81. The third-order valence-electron chi connectivity index (χ3n) is 6.81. The van der Waals surface area contributed by atoms with E-state index in [1.54, 1.807) is 13.3 Å². The van der Waals surface area contributed by atoms with Gasteiger partial charge in [-0.05, 0) is 55.5 Å². The number of methoxy groups -OCH3 is 1. The molecule has 0 radical (unpaired) electrons. The number of pyridine rings is 1. The molecule has 5 rings (SSSR count). The number of hydrogen-bond donors (Lipinski definition) is 0. The maximum absolute atomic E-state index is 9.48. The second-order valence-corrected chi connectivity index (χ2v) is 9.10. The van der Waals surface area contributed by atoms with Gasteiger partial charge in [-0.3, -0.25) is 9.88 Å². The lowest BCUT2D eigenvalue weighted by Gasteiger charge is -2.42. The normalized spacial score (nSPS) is 21.4. The fourth-order valence-corrected chi connectivity index (χ4v) is 5.14. The summed E-state index contributed by atoms with van der Waals surface area (Å²) in [4.78, 5) is 11.8. The first-order valence-corrected chi connectivity index (χ1v) is 11.9. The van der Waals surface area contributed by atoms with Gasteiger partial charge in [0.15, 0.2) is 0 Å². The lowest BCUT2D eigenvalue weighted by molar-refractivity contribution is -0.0327. The van der Waals surface area contributed by atoms with Crippen molar-refractivity contribution >= 4 is 22.3 Å². The molecule has 1 aromatic heterocycles. The van der Waals surface area contributed by atoms with Gasteiger partial charge in [0.05, 0.1) is 30.4 Å². The maximum atomic E-state index is 9.48. The van der Waals surface area contributed by atoms with Gasteiger partial charge >= 0.3 is 0 Å². The highest BCUT2D eigenvalue weighted by molar-refractivity contribution is 5.95. The van der Waals surface area contributed by atoms with Crippen molar-refractivity contribution in [1.82, 2.24) is 9.88 Å². The predicted molar refractivity (Wildman–Crippen MR) is 135 cm³/mol. The van der Waals surface area contributed by atoms with Crippen molar-refractivity contribution in [3.05, 3.63) is 60.3 Å². The molecule has 0 spiro atoms. The smallest absolute Gasteiger partial charge is 0.119 e. The number of aromatic nitrogens is 1. The summed E-state index contributed by atoms with van der Waals surface area (Å²) in [5.74, 6) is 0.890. The van der Waals surface area contributed by atoms with E-state index in [2.05, 4.69) is 56.9 Å². The van der Waals surface area contributed by atoms with Gasteiger partial charge in [0.25, 0.3) is 0 Å².